The van der Waals surface area contributed by atoms with Crippen LogP contribution in [-0.2, 0) is 33.6 Å². The third-order valence-electron chi connectivity index (χ3n) is 6.47. The van der Waals surface area contributed by atoms with E-state index in [2.05, 4.69) is 26.6 Å². The first-order valence-corrected chi connectivity index (χ1v) is 13.4. The Bertz CT molecular complexity index is 1030. The van der Waals surface area contributed by atoms with Crippen LogP contribution in [0.15, 0.2) is 0 Å². The Morgan fingerprint density at radius 3 is 1.91 bits per heavy atom. The molecule has 1 saturated heterocycles. The molecule has 6 amide bonds. The number of carboxylic acids is 1. The minimum Gasteiger partial charge on any atom is -0.480 e. The summed E-state index contributed by atoms with van der Waals surface area (Å²) in [6.45, 7) is -0.813. The number of aliphatic hydroxyl groups excluding tert-OH is 4. The van der Waals surface area contributed by atoms with Crippen LogP contribution in [0.25, 0.3) is 0 Å². The molecule has 6 atom stereocenters. The van der Waals surface area contributed by atoms with E-state index >= 15 is 0 Å². The lowest BCUT2D eigenvalue weighted by molar-refractivity contribution is -0.146. The first-order chi connectivity index (χ1) is 20.2. The van der Waals surface area contributed by atoms with E-state index in [1.807, 2.05) is 0 Å². The zero-order chi connectivity index (χ0) is 32.9. The van der Waals surface area contributed by atoms with Crippen molar-refractivity contribution in [3.8, 4) is 0 Å². The van der Waals surface area contributed by atoms with Gasteiger partial charge in [0.2, 0.25) is 35.4 Å². The van der Waals surface area contributed by atoms with Gasteiger partial charge in [0.25, 0.3) is 0 Å². The van der Waals surface area contributed by atoms with Gasteiger partial charge in [0.15, 0.2) is 0 Å². The third-order valence-corrected chi connectivity index (χ3v) is 6.47. The normalized spacial score (nSPS) is 18.0. The van der Waals surface area contributed by atoms with E-state index in [4.69, 9.17) is 21.1 Å². The molecular weight excluding hydrogens is 578 g/mol. The van der Waals surface area contributed by atoms with Crippen LogP contribution in [0, 0.1) is 5.92 Å². The van der Waals surface area contributed by atoms with Crippen LogP contribution in [0.5, 0.6) is 0 Å². The third kappa shape index (κ3) is 11.0. The number of hydrogen-bond acceptors (Lipinski definition) is 12. The minimum atomic E-state index is -1.59. The maximum atomic E-state index is 13.0. The molecule has 19 nitrogen and oxygen atoms in total. The Morgan fingerprint density at radius 1 is 0.791 bits per heavy atom. The van der Waals surface area contributed by atoms with E-state index in [0.29, 0.717) is 6.42 Å². The van der Waals surface area contributed by atoms with Gasteiger partial charge in [-0.25, -0.2) is 4.79 Å². The Labute approximate surface area is 246 Å². The fourth-order valence-corrected chi connectivity index (χ4v) is 4.01. The highest BCUT2D eigenvalue weighted by Gasteiger charge is 2.39. The monoisotopic (exact) mass is 619 g/mol. The topological polar surface area (TPSA) is 310 Å². The van der Waals surface area contributed by atoms with Gasteiger partial charge in [-0.05, 0) is 18.8 Å². The Morgan fingerprint density at radius 2 is 1.40 bits per heavy atom. The fraction of sp³-hybridized carbons (Fsp3) is 0.708. The lowest BCUT2D eigenvalue weighted by atomic mass is 10.0. The number of carboxylic acid groups (broad SMARTS) is 1. The van der Waals surface area contributed by atoms with Crippen molar-refractivity contribution < 1.29 is 59.1 Å². The molecule has 19 heteroatoms. The van der Waals surface area contributed by atoms with E-state index in [1.54, 1.807) is 13.8 Å². The van der Waals surface area contributed by atoms with Gasteiger partial charge in [-0.3, -0.25) is 28.8 Å². The molecule has 1 rings (SSSR count). The number of likely N-dealkylation sites (tertiary alicyclic amines) is 1. The molecule has 0 spiro atoms. The van der Waals surface area contributed by atoms with E-state index in [1.165, 1.54) is 0 Å². The highest BCUT2D eigenvalue weighted by Crippen LogP contribution is 2.19. The van der Waals surface area contributed by atoms with Crippen molar-refractivity contribution in [3.63, 3.8) is 0 Å². The quantitative estimate of drug-likeness (QED) is 0.0722. The highest BCUT2D eigenvalue weighted by molar-refractivity contribution is 5.96. The van der Waals surface area contributed by atoms with E-state index in [9.17, 15) is 43.8 Å². The predicted molar refractivity (Wildman–Crippen MR) is 144 cm³/mol. The van der Waals surface area contributed by atoms with Crippen molar-refractivity contribution in [2.24, 2.45) is 11.7 Å². The van der Waals surface area contributed by atoms with Crippen molar-refractivity contribution in [1.29, 1.82) is 0 Å². The summed E-state index contributed by atoms with van der Waals surface area (Å²) in [6.07, 6.45) is 0.536. The number of rotatable bonds is 17. The van der Waals surface area contributed by atoms with Gasteiger partial charge in [-0.1, -0.05) is 13.8 Å². The molecule has 0 bridgehead atoms. The first-order valence-electron chi connectivity index (χ1n) is 13.4. The number of aliphatic hydroxyl groups is 4. The minimum absolute atomic E-state index is 0.0680. The lowest BCUT2D eigenvalue weighted by Crippen LogP contribution is -2.59. The smallest absolute Gasteiger partial charge is 0.328 e. The molecule has 0 aromatic carbocycles. The van der Waals surface area contributed by atoms with Gasteiger partial charge < -0.3 is 62.8 Å². The van der Waals surface area contributed by atoms with Crippen LogP contribution >= 0.6 is 0 Å². The predicted octanol–water partition coefficient (Wildman–Crippen LogP) is -6.93. The Balaban J connectivity index is 2.76. The summed E-state index contributed by atoms with van der Waals surface area (Å²) in [7, 11) is 0. The van der Waals surface area contributed by atoms with Gasteiger partial charge in [0, 0.05) is 6.54 Å². The number of carbonyl (C=O) groups is 7. The van der Waals surface area contributed by atoms with Gasteiger partial charge in [0.1, 0.15) is 36.3 Å². The number of nitrogens with one attached hydrogen (secondary N) is 5. The molecule has 1 aliphatic heterocycles. The summed E-state index contributed by atoms with van der Waals surface area (Å²) in [4.78, 5) is 87.3. The Hall–Kier alpha value is -3.91. The second-order valence-electron chi connectivity index (χ2n) is 10.1. The number of carbonyl (C=O) groups excluding carboxylic acids is 6. The number of nitrogens with zero attached hydrogens (tertiary/aromatic N) is 1. The van der Waals surface area contributed by atoms with Crippen molar-refractivity contribution >= 4 is 41.4 Å². The molecule has 0 aromatic rings. The van der Waals surface area contributed by atoms with Crippen LogP contribution in [-0.4, -0.2) is 148 Å². The SMILES string of the molecule is CC(C)[C@H](NC(=O)[C@@H](N)CO)C(=O)N[C@@H](CO)C(=O)NCC(=O)N[C@@H](CO)C(=O)N1CCC[C@H]1C(=O)N[C@@H](CO)C(=O)O. The van der Waals surface area contributed by atoms with E-state index < -0.39 is 117 Å². The largest absolute Gasteiger partial charge is 0.480 e. The molecule has 0 aromatic heterocycles. The summed E-state index contributed by atoms with van der Waals surface area (Å²) in [5.74, 6) is -7.25. The van der Waals surface area contributed by atoms with Crippen LogP contribution < -0.4 is 32.3 Å². The second-order valence-corrected chi connectivity index (χ2v) is 10.1. The lowest BCUT2D eigenvalue weighted by Gasteiger charge is -2.28. The van der Waals surface area contributed by atoms with E-state index in [0.717, 1.165) is 4.90 Å². The standard InChI is InChI=1S/C24H41N7O12/c1-11(2)18(30-19(37)12(25)7-32)22(40)28-13(8-33)20(38)26-6-17(36)27-14(9-34)23(41)31-5-3-4-16(31)21(39)29-15(10-35)24(42)43/h11-16,18,32-35H,3-10,25H2,1-2H3,(H,26,38)(H,27,36)(H,28,40)(H,29,39)(H,30,37)(H,42,43)/t12-,13-,14-,15-,16-,18-/m0/s1. The molecule has 244 valence electrons. The van der Waals surface area contributed by atoms with Crippen LogP contribution in [0.3, 0.4) is 0 Å². The van der Waals surface area contributed by atoms with Crippen LogP contribution in [0.2, 0.25) is 0 Å². The molecule has 0 saturated carbocycles. The molecule has 43 heavy (non-hydrogen) atoms. The Kier molecular flexibility index (Phi) is 15.5. The average Bonchev–Trinajstić information content (AvgIpc) is 3.47. The van der Waals surface area contributed by atoms with Gasteiger partial charge in [-0.15, -0.1) is 0 Å². The van der Waals surface area contributed by atoms with Crippen LogP contribution in [0.1, 0.15) is 26.7 Å². The number of aliphatic carboxylic acids is 1. The van der Waals surface area contributed by atoms with Gasteiger partial charge in [0.05, 0.1) is 33.0 Å². The number of nitrogens with two attached hydrogens (primary N) is 1. The zero-order valence-corrected chi connectivity index (χ0v) is 23.8. The van der Waals surface area contributed by atoms with Gasteiger partial charge >= 0.3 is 5.97 Å². The molecule has 1 fully saturated rings. The first kappa shape index (κ1) is 37.1. The molecule has 0 radical (unpaired) electrons. The summed E-state index contributed by atoms with van der Waals surface area (Å²) in [5.41, 5.74) is 5.44. The maximum Gasteiger partial charge on any atom is 0.328 e. The summed E-state index contributed by atoms with van der Waals surface area (Å²) in [5, 5.41) is 57.5. The van der Waals surface area contributed by atoms with E-state index in [-0.39, 0.29) is 13.0 Å². The molecule has 1 heterocycles. The van der Waals surface area contributed by atoms with Crippen molar-refractivity contribution in [3.05, 3.63) is 0 Å². The molecular formula is C24H41N7O12. The molecule has 12 N–H and O–H groups in total. The molecule has 0 unspecified atom stereocenters. The zero-order valence-electron chi connectivity index (χ0n) is 23.8. The average molecular weight is 620 g/mol. The highest BCUT2D eigenvalue weighted by atomic mass is 16.4. The maximum absolute atomic E-state index is 13.0. The summed E-state index contributed by atoms with van der Waals surface area (Å²) >= 11 is 0. The van der Waals surface area contributed by atoms with Gasteiger partial charge in [-0.2, -0.15) is 0 Å². The van der Waals surface area contributed by atoms with Crippen molar-refractivity contribution in [2.75, 3.05) is 39.5 Å². The fourth-order valence-electron chi connectivity index (χ4n) is 4.01. The summed E-state index contributed by atoms with van der Waals surface area (Å²) in [6, 6.07) is -8.24. The second kappa shape index (κ2) is 17.9. The van der Waals surface area contributed by atoms with Crippen molar-refractivity contribution in [2.45, 2.75) is 62.9 Å². The van der Waals surface area contributed by atoms with Crippen LogP contribution in [0.4, 0.5) is 0 Å². The number of amides is 6. The summed E-state index contributed by atoms with van der Waals surface area (Å²) < 4.78 is 0. The molecule has 1 aliphatic rings. The number of hydrogen-bond donors (Lipinski definition) is 11. The van der Waals surface area contributed by atoms with Crippen molar-refractivity contribution in [1.82, 2.24) is 31.5 Å². The molecule has 0 aliphatic carbocycles.